The molecule has 4 heteroatoms. The fourth-order valence-electron chi connectivity index (χ4n) is 2.77. The zero-order valence-electron chi connectivity index (χ0n) is 13.8. The zero-order valence-corrected chi connectivity index (χ0v) is 13.8. The molecule has 24 heavy (non-hydrogen) atoms. The number of hydrogen-bond donors (Lipinski definition) is 3. The minimum absolute atomic E-state index is 0.0552. The molecule has 1 heterocycles. The summed E-state index contributed by atoms with van der Waals surface area (Å²) in [5.74, 6) is -0.0552. The average molecular weight is 322 g/mol. The summed E-state index contributed by atoms with van der Waals surface area (Å²) in [6, 6.07) is 17.6. The van der Waals surface area contributed by atoms with Crippen molar-refractivity contribution >= 4 is 16.8 Å². The first-order valence-corrected chi connectivity index (χ1v) is 8.15. The number of carbonyl (C=O) groups is 1. The number of benzene rings is 2. The predicted molar refractivity (Wildman–Crippen MR) is 95.6 cm³/mol. The SMILES string of the molecule is CC(O)(CNC(=O)CCc1ccc2[nH]ccc2c1)c1ccccc1. The van der Waals surface area contributed by atoms with Gasteiger partial charge in [-0.3, -0.25) is 4.79 Å². The second kappa shape index (κ2) is 6.89. The lowest BCUT2D eigenvalue weighted by Gasteiger charge is -2.24. The maximum Gasteiger partial charge on any atom is 0.220 e. The van der Waals surface area contributed by atoms with Crippen LogP contribution in [0.1, 0.15) is 24.5 Å². The minimum atomic E-state index is -1.07. The second-order valence-electron chi connectivity index (χ2n) is 6.32. The number of hydrogen-bond acceptors (Lipinski definition) is 2. The number of nitrogens with one attached hydrogen (secondary N) is 2. The molecule has 0 aliphatic rings. The maximum absolute atomic E-state index is 12.1. The Hall–Kier alpha value is -2.59. The third-order valence-corrected chi connectivity index (χ3v) is 4.28. The summed E-state index contributed by atoms with van der Waals surface area (Å²) < 4.78 is 0. The molecule has 0 aliphatic carbocycles. The van der Waals surface area contributed by atoms with Crippen LogP contribution in [0.4, 0.5) is 0 Å². The molecule has 0 bridgehead atoms. The summed E-state index contributed by atoms with van der Waals surface area (Å²) in [6.07, 6.45) is 2.99. The van der Waals surface area contributed by atoms with Crippen LogP contribution in [0, 0.1) is 0 Å². The van der Waals surface area contributed by atoms with Crippen molar-refractivity contribution in [1.82, 2.24) is 10.3 Å². The monoisotopic (exact) mass is 322 g/mol. The van der Waals surface area contributed by atoms with E-state index in [1.807, 2.05) is 54.7 Å². The van der Waals surface area contributed by atoms with E-state index in [1.54, 1.807) is 6.92 Å². The highest BCUT2D eigenvalue weighted by atomic mass is 16.3. The number of aromatic amines is 1. The van der Waals surface area contributed by atoms with Gasteiger partial charge in [0.2, 0.25) is 5.91 Å². The Morgan fingerprint density at radius 2 is 1.96 bits per heavy atom. The largest absolute Gasteiger partial charge is 0.384 e. The number of amides is 1. The molecule has 1 atom stereocenters. The molecule has 1 aromatic heterocycles. The van der Waals surface area contributed by atoms with Gasteiger partial charge in [-0.25, -0.2) is 0 Å². The number of rotatable bonds is 6. The smallest absolute Gasteiger partial charge is 0.220 e. The van der Waals surface area contributed by atoms with Crippen molar-refractivity contribution in [3.8, 4) is 0 Å². The number of fused-ring (bicyclic) bond motifs is 1. The lowest BCUT2D eigenvalue weighted by molar-refractivity contribution is -0.122. The summed E-state index contributed by atoms with van der Waals surface area (Å²) in [6.45, 7) is 1.91. The van der Waals surface area contributed by atoms with Crippen LogP contribution in [0.5, 0.6) is 0 Å². The average Bonchev–Trinajstić information content (AvgIpc) is 3.07. The molecule has 1 unspecified atom stereocenters. The molecular formula is C20H22N2O2. The molecule has 3 aromatic rings. The Balaban J connectivity index is 1.52. The van der Waals surface area contributed by atoms with E-state index in [4.69, 9.17) is 0 Å². The van der Waals surface area contributed by atoms with Crippen LogP contribution in [-0.4, -0.2) is 22.5 Å². The fourth-order valence-corrected chi connectivity index (χ4v) is 2.77. The van der Waals surface area contributed by atoms with Gasteiger partial charge in [0.05, 0.1) is 6.54 Å². The van der Waals surface area contributed by atoms with Crippen LogP contribution in [0.2, 0.25) is 0 Å². The predicted octanol–water partition coefficient (Wildman–Crippen LogP) is 3.12. The van der Waals surface area contributed by atoms with E-state index >= 15 is 0 Å². The quantitative estimate of drug-likeness (QED) is 0.653. The highest BCUT2D eigenvalue weighted by Gasteiger charge is 2.23. The number of H-pyrrole nitrogens is 1. The fraction of sp³-hybridized carbons (Fsp3) is 0.250. The van der Waals surface area contributed by atoms with Crippen molar-refractivity contribution in [3.05, 3.63) is 71.9 Å². The Morgan fingerprint density at radius 1 is 1.17 bits per heavy atom. The molecule has 4 nitrogen and oxygen atoms in total. The lowest BCUT2D eigenvalue weighted by atomic mass is 9.96. The van der Waals surface area contributed by atoms with Crippen molar-refractivity contribution in [2.45, 2.75) is 25.4 Å². The van der Waals surface area contributed by atoms with E-state index in [2.05, 4.69) is 16.4 Å². The van der Waals surface area contributed by atoms with E-state index in [1.165, 1.54) is 0 Å². The van der Waals surface area contributed by atoms with Crippen LogP contribution in [0.3, 0.4) is 0 Å². The van der Waals surface area contributed by atoms with E-state index in [9.17, 15) is 9.90 Å². The second-order valence-corrected chi connectivity index (χ2v) is 6.32. The minimum Gasteiger partial charge on any atom is -0.384 e. The first-order chi connectivity index (χ1) is 11.5. The van der Waals surface area contributed by atoms with Crippen LogP contribution in [-0.2, 0) is 16.8 Å². The van der Waals surface area contributed by atoms with Crippen LogP contribution >= 0.6 is 0 Å². The van der Waals surface area contributed by atoms with Gasteiger partial charge < -0.3 is 15.4 Å². The molecule has 0 saturated heterocycles. The van der Waals surface area contributed by atoms with Gasteiger partial charge in [-0.05, 0) is 48.1 Å². The Labute approximate surface area is 141 Å². The first-order valence-electron chi connectivity index (χ1n) is 8.15. The first kappa shape index (κ1) is 16.3. The molecule has 0 fully saturated rings. The topological polar surface area (TPSA) is 65.1 Å². The van der Waals surface area contributed by atoms with Gasteiger partial charge in [0.15, 0.2) is 0 Å². The molecule has 124 valence electrons. The van der Waals surface area contributed by atoms with E-state index in [0.29, 0.717) is 12.8 Å². The van der Waals surface area contributed by atoms with Crippen LogP contribution < -0.4 is 5.32 Å². The zero-order chi connectivity index (χ0) is 17.0. The standard InChI is InChI=1S/C20H22N2O2/c1-20(24,17-5-3-2-4-6-17)14-22-19(23)10-8-15-7-9-18-16(13-15)11-12-21-18/h2-7,9,11-13,21,24H,8,10,14H2,1H3,(H,22,23). The Morgan fingerprint density at radius 3 is 2.75 bits per heavy atom. The summed E-state index contributed by atoms with van der Waals surface area (Å²) in [7, 11) is 0. The Bertz CT molecular complexity index is 822. The van der Waals surface area contributed by atoms with E-state index in [0.717, 1.165) is 22.0 Å². The van der Waals surface area contributed by atoms with Gasteiger partial charge in [0, 0.05) is 18.1 Å². The number of aryl methyl sites for hydroxylation is 1. The third-order valence-electron chi connectivity index (χ3n) is 4.28. The summed E-state index contributed by atoms with van der Waals surface area (Å²) in [5, 5.41) is 14.5. The number of aliphatic hydroxyl groups is 1. The lowest BCUT2D eigenvalue weighted by Crippen LogP contribution is -2.38. The van der Waals surface area contributed by atoms with Crippen molar-refractivity contribution in [1.29, 1.82) is 0 Å². The van der Waals surface area contributed by atoms with E-state index < -0.39 is 5.60 Å². The third kappa shape index (κ3) is 3.84. The van der Waals surface area contributed by atoms with Crippen molar-refractivity contribution in [2.24, 2.45) is 0 Å². The highest BCUT2D eigenvalue weighted by Crippen LogP contribution is 2.19. The molecule has 0 aliphatic heterocycles. The molecule has 0 radical (unpaired) electrons. The molecule has 3 N–H and O–H groups in total. The van der Waals surface area contributed by atoms with Gasteiger partial charge in [-0.1, -0.05) is 36.4 Å². The van der Waals surface area contributed by atoms with E-state index in [-0.39, 0.29) is 12.5 Å². The Kier molecular flexibility index (Phi) is 4.67. The summed E-state index contributed by atoms with van der Waals surface area (Å²) in [5.41, 5.74) is 1.96. The number of carbonyl (C=O) groups excluding carboxylic acids is 1. The van der Waals surface area contributed by atoms with Crippen molar-refractivity contribution in [3.63, 3.8) is 0 Å². The molecule has 2 aromatic carbocycles. The van der Waals surface area contributed by atoms with Gasteiger partial charge >= 0.3 is 0 Å². The molecule has 0 spiro atoms. The van der Waals surface area contributed by atoms with Gasteiger partial charge in [0.1, 0.15) is 5.60 Å². The summed E-state index contributed by atoms with van der Waals surface area (Å²) >= 11 is 0. The molecule has 3 rings (SSSR count). The molecule has 1 amide bonds. The van der Waals surface area contributed by atoms with Crippen molar-refractivity contribution < 1.29 is 9.90 Å². The number of aromatic nitrogens is 1. The molecular weight excluding hydrogens is 300 g/mol. The van der Waals surface area contributed by atoms with Crippen LogP contribution in [0.15, 0.2) is 60.8 Å². The highest BCUT2D eigenvalue weighted by molar-refractivity contribution is 5.80. The van der Waals surface area contributed by atoms with Gasteiger partial charge in [-0.2, -0.15) is 0 Å². The van der Waals surface area contributed by atoms with Crippen molar-refractivity contribution in [2.75, 3.05) is 6.54 Å². The summed E-state index contributed by atoms with van der Waals surface area (Å²) in [4.78, 5) is 15.2. The van der Waals surface area contributed by atoms with Crippen LogP contribution in [0.25, 0.3) is 10.9 Å². The van der Waals surface area contributed by atoms with Gasteiger partial charge in [0.25, 0.3) is 0 Å². The van der Waals surface area contributed by atoms with Gasteiger partial charge in [-0.15, -0.1) is 0 Å². The maximum atomic E-state index is 12.1. The normalized spacial score (nSPS) is 13.6. The molecule has 0 saturated carbocycles.